The molecule has 0 amide bonds. The third-order valence-electron chi connectivity index (χ3n) is 4.00. The summed E-state index contributed by atoms with van der Waals surface area (Å²) in [7, 11) is 0. The second-order valence-electron chi connectivity index (χ2n) is 5.10. The molecule has 1 aromatic carbocycles. The highest BCUT2D eigenvalue weighted by Gasteiger charge is 2.27. The minimum atomic E-state index is 0.000124. The smallest absolute Gasteiger partial charge is 0.127 e. The van der Waals surface area contributed by atoms with Crippen LogP contribution in [0.5, 0.6) is 0 Å². The number of piperazine rings is 1. The molecule has 2 nitrogen and oxygen atoms in total. The molecule has 2 aliphatic rings. The van der Waals surface area contributed by atoms with E-state index < -0.39 is 0 Å². The standard InChI is InChI=1S/C14H19FN2/c15-13-3-1-2-11-4-5-12(14(11)13)10-17-8-6-16-7-9-17/h1-3,12,16H,4-10H2. The highest BCUT2D eigenvalue weighted by atomic mass is 19.1. The van der Waals surface area contributed by atoms with E-state index in [2.05, 4.69) is 16.3 Å². The summed E-state index contributed by atoms with van der Waals surface area (Å²) in [6.45, 7) is 5.35. The van der Waals surface area contributed by atoms with Crippen LogP contribution in [0.3, 0.4) is 0 Å². The number of halogens is 1. The Morgan fingerprint density at radius 2 is 2.12 bits per heavy atom. The van der Waals surface area contributed by atoms with E-state index in [4.69, 9.17) is 0 Å². The van der Waals surface area contributed by atoms with Gasteiger partial charge < -0.3 is 10.2 Å². The van der Waals surface area contributed by atoms with Crippen molar-refractivity contribution in [3.05, 3.63) is 35.1 Å². The van der Waals surface area contributed by atoms with Crippen molar-refractivity contribution in [2.45, 2.75) is 18.8 Å². The van der Waals surface area contributed by atoms with E-state index in [1.807, 2.05) is 6.07 Å². The Kier molecular flexibility index (Phi) is 3.12. The minimum absolute atomic E-state index is 0.000124. The fourth-order valence-corrected chi connectivity index (χ4v) is 3.12. The predicted octanol–water partition coefficient (Wildman–Crippen LogP) is 1.76. The highest BCUT2D eigenvalue weighted by Crippen LogP contribution is 2.35. The third kappa shape index (κ3) is 2.22. The topological polar surface area (TPSA) is 15.3 Å². The van der Waals surface area contributed by atoms with Crippen molar-refractivity contribution in [3.63, 3.8) is 0 Å². The van der Waals surface area contributed by atoms with Crippen LogP contribution in [-0.4, -0.2) is 37.6 Å². The third-order valence-corrected chi connectivity index (χ3v) is 4.00. The number of hydrogen-bond acceptors (Lipinski definition) is 2. The predicted molar refractivity (Wildman–Crippen MR) is 66.8 cm³/mol. The van der Waals surface area contributed by atoms with Gasteiger partial charge in [0.2, 0.25) is 0 Å². The van der Waals surface area contributed by atoms with E-state index in [0.717, 1.165) is 51.1 Å². The lowest BCUT2D eigenvalue weighted by molar-refractivity contribution is 0.225. The molecule has 0 saturated carbocycles. The SMILES string of the molecule is Fc1cccc2c1C(CN1CCNCC1)CC2. The molecule has 3 heteroatoms. The normalized spacial score (nSPS) is 24.9. The molecule has 0 radical (unpaired) electrons. The van der Waals surface area contributed by atoms with Gasteiger partial charge >= 0.3 is 0 Å². The molecule has 0 aromatic heterocycles. The summed E-state index contributed by atoms with van der Waals surface area (Å²) < 4.78 is 13.9. The maximum Gasteiger partial charge on any atom is 0.127 e. The molecule has 92 valence electrons. The van der Waals surface area contributed by atoms with Crippen LogP contribution in [0.2, 0.25) is 0 Å². The van der Waals surface area contributed by atoms with Crippen molar-refractivity contribution in [1.82, 2.24) is 10.2 Å². The summed E-state index contributed by atoms with van der Waals surface area (Å²) in [5.41, 5.74) is 2.22. The van der Waals surface area contributed by atoms with Gasteiger partial charge in [-0.15, -0.1) is 0 Å². The average Bonchev–Trinajstić information content (AvgIpc) is 2.75. The van der Waals surface area contributed by atoms with Crippen LogP contribution in [0.15, 0.2) is 18.2 Å². The Labute approximate surface area is 102 Å². The zero-order chi connectivity index (χ0) is 11.7. The van der Waals surface area contributed by atoms with E-state index in [1.54, 1.807) is 6.07 Å². The number of fused-ring (bicyclic) bond motifs is 1. The van der Waals surface area contributed by atoms with Crippen LogP contribution in [-0.2, 0) is 6.42 Å². The van der Waals surface area contributed by atoms with Crippen molar-refractivity contribution < 1.29 is 4.39 Å². The summed E-state index contributed by atoms with van der Waals surface area (Å²) in [5.74, 6) is 0.407. The van der Waals surface area contributed by atoms with E-state index >= 15 is 0 Å². The lowest BCUT2D eigenvalue weighted by Crippen LogP contribution is -2.44. The molecule has 1 atom stereocenters. The van der Waals surface area contributed by atoms with Gasteiger partial charge in [-0.25, -0.2) is 4.39 Å². The lowest BCUT2D eigenvalue weighted by Gasteiger charge is -2.29. The fraction of sp³-hybridized carbons (Fsp3) is 0.571. The second-order valence-corrected chi connectivity index (χ2v) is 5.10. The minimum Gasteiger partial charge on any atom is -0.314 e. The van der Waals surface area contributed by atoms with E-state index in [1.165, 1.54) is 5.56 Å². The van der Waals surface area contributed by atoms with Gasteiger partial charge in [0.05, 0.1) is 0 Å². The Morgan fingerprint density at radius 3 is 2.94 bits per heavy atom. The zero-order valence-electron chi connectivity index (χ0n) is 10.1. The van der Waals surface area contributed by atoms with Crippen LogP contribution in [0.25, 0.3) is 0 Å². The van der Waals surface area contributed by atoms with Gasteiger partial charge in [0.15, 0.2) is 0 Å². The van der Waals surface area contributed by atoms with Gasteiger partial charge in [-0.2, -0.15) is 0 Å². The van der Waals surface area contributed by atoms with Crippen molar-refractivity contribution in [2.75, 3.05) is 32.7 Å². The summed E-state index contributed by atoms with van der Waals surface area (Å²) in [5, 5.41) is 3.35. The first-order valence-electron chi connectivity index (χ1n) is 6.55. The first kappa shape index (κ1) is 11.2. The van der Waals surface area contributed by atoms with Crippen LogP contribution in [0.4, 0.5) is 4.39 Å². The second kappa shape index (κ2) is 4.75. The molecule has 1 unspecified atom stereocenters. The quantitative estimate of drug-likeness (QED) is 0.839. The van der Waals surface area contributed by atoms with Gasteiger partial charge in [-0.3, -0.25) is 0 Å². The first-order chi connectivity index (χ1) is 8.34. The van der Waals surface area contributed by atoms with Gasteiger partial charge in [-0.05, 0) is 30.0 Å². The highest BCUT2D eigenvalue weighted by molar-refractivity contribution is 5.36. The van der Waals surface area contributed by atoms with Crippen molar-refractivity contribution in [1.29, 1.82) is 0 Å². The largest absolute Gasteiger partial charge is 0.314 e. The van der Waals surface area contributed by atoms with Crippen LogP contribution >= 0.6 is 0 Å². The van der Waals surface area contributed by atoms with Gasteiger partial charge in [0, 0.05) is 38.6 Å². The molecular formula is C14H19FN2. The van der Waals surface area contributed by atoms with Crippen molar-refractivity contribution in [3.8, 4) is 0 Å². The maximum absolute atomic E-state index is 13.9. The number of nitrogens with one attached hydrogen (secondary N) is 1. The molecule has 3 rings (SSSR count). The van der Waals surface area contributed by atoms with Crippen molar-refractivity contribution >= 4 is 0 Å². The molecule has 1 aliphatic heterocycles. The fourth-order valence-electron chi connectivity index (χ4n) is 3.12. The van der Waals surface area contributed by atoms with E-state index in [0.29, 0.717) is 5.92 Å². The van der Waals surface area contributed by atoms with Gasteiger partial charge in [0.25, 0.3) is 0 Å². The summed E-state index contributed by atoms with van der Waals surface area (Å²) in [6.07, 6.45) is 2.16. The molecular weight excluding hydrogens is 215 g/mol. The molecule has 17 heavy (non-hydrogen) atoms. The van der Waals surface area contributed by atoms with Crippen LogP contribution in [0, 0.1) is 5.82 Å². The Balaban J connectivity index is 1.74. The van der Waals surface area contributed by atoms with Gasteiger partial charge in [-0.1, -0.05) is 12.1 Å². The van der Waals surface area contributed by atoms with E-state index in [9.17, 15) is 4.39 Å². The molecule has 0 bridgehead atoms. The molecule has 0 spiro atoms. The summed E-state index contributed by atoms with van der Waals surface area (Å²) >= 11 is 0. The maximum atomic E-state index is 13.9. The van der Waals surface area contributed by atoms with E-state index in [-0.39, 0.29) is 5.82 Å². The van der Waals surface area contributed by atoms with Crippen LogP contribution in [0.1, 0.15) is 23.5 Å². The molecule has 1 aliphatic carbocycles. The zero-order valence-corrected chi connectivity index (χ0v) is 10.1. The van der Waals surface area contributed by atoms with Crippen LogP contribution < -0.4 is 5.32 Å². The molecule has 1 saturated heterocycles. The number of aryl methyl sites for hydroxylation is 1. The summed E-state index contributed by atoms with van der Waals surface area (Å²) in [6, 6.07) is 5.52. The Hall–Kier alpha value is -0.930. The lowest BCUT2D eigenvalue weighted by atomic mass is 10.00. The molecule has 1 heterocycles. The molecule has 1 aromatic rings. The number of benzene rings is 1. The van der Waals surface area contributed by atoms with Gasteiger partial charge in [0.1, 0.15) is 5.82 Å². The monoisotopic (exact) mass is 234 g/mol. The molecule has 1 fully saturated rings. The Bertz CT molecular complexity index is 399. The number of nitrogens with zero attached hydrogens (tertiary/aromatic N) is 1. The van der Waals surface area contributed by atoms with Crippen molar-refractivity contribution in [2.24, 2.45) is 0 Å². The number of hydrogen-bond donors (Lipinski definition) is 1. The molecule has 1 N–H and O–H groups in total. The average molecular weight is 234 g/mol. The Morgan fingerprint density at radius 1 is 1.29 bits per heavy atom. The number of rotatable bonds is 2. The first-order valence-corrected chi connectivity index (χ1v) is 6.55. The summed E-state index contributed by atoms with van der Waals surface area (Å²) in [4.78, 5) is 2.46.